The summed E-state index contributed by atoms with van der Waals surface area (Å²) < 4.78 is 11.5. The Hall–Kier alpha value is -2.29. The van der Waals surface area contributed by atoms with E-state index in [9.17, 15) is 4.79 Å². The molecule has 3 nitrogen and oxygen atoms in total. The molecule has 0 heterocycles. The van der Waals surface area contributed by atoms with Crippen LogP contribution in [0.4, 0.5) is 0 Å². The van der Waals surface area contributed by atoms with E-state index >= 15 is 0 Å². The predicted molar refractivity (Wildman–Crippen MR) is 83.0 cm³/mol. The van der Waals surface area contributed by atoms with Gasteiger partial charge in [0.1, 0.15) is 18.1 Å². The first-order valence-electron chi connectivity index (χ1n) is 7.04. The lowest BCUT2D eigenvalue weighted by molar-refractivity contribution is 0.101. The highest BCUT2D eigenvalue weighted by atomic mass is 16.5. The molecule has 0 spiro atoms. The van der Waals surface area contributed by atoms with E-state index in [0.717, 1.165) is 5.56 Å². The van der Waals surface area contributed by atoms with E-state index in [4.69, 9.17) is 9.47 Å². The summed E-state index contributed by atoms with van der Waals surface area (Å²) in [5.74, 6) is 1.25. The first-order valence-corrected chi connectivity index (χ1v) is 7.04. The Morgan fingerprint density at radius 3 is 2.43 bits per heavy atom. The topological polar surface area (TPSA) is 35.5 Å². The molecule has 0 aliphatic heterocycles. The molecule has 2 aromatic rings. The van der Waals surface area contributed by atoms with Crippen LogP contribution in [0.1, 0.15) is 36.7 Å². The van der Waals surface area contributed by atoms with Gasteiger partial charge in [0, 0.05) is 6.07 Å². The van der Waals surface area contributed by atoms with Gasteiger partial charge in [0.2, 0.25) is 0 Å². The summed E-state index contributed by atoms with van der Waals surface area (Å²) in [5, 5.41) is 0. The van der Waals surface area contributed by atoms with Crippen molar-refractivity contribution in [3.63, 3.8) is 0 Å². The van der Waals surface area contributed by atoms with Crippen LogP contribution in [0.25, 0.3) is 0 Å². The van der Waals surface area contributed by atoms with E-state index in [0.29, 0.717) is 23.7 Å². The molecule has 0 fully saturated rings. The van der Waals surface area contributed by atoms with Crippen LogP contribution in [0.3, 0.4) is 0 Å². The number of rotatable bonds is 6. The van der Waals surface area contributed by atoms with E-state index in [2.05, 4.69) is 0 Å². The summed E-state index contributed by atoms with van der Waals surface area (Å²) in [7, 11) is 0. The Morgan fingerprint density at radius 1 is 1.10 bits per heavy atom. The molecule has 21 heavy (non-hydrogen) atoms. The van der Waals surface area contributed by atoms with E-state index in [1.165, 1.54) is 6.92 Å². The Labute approximate surface area is 125 Å². The third-order valence-electron chi connectivity index (χ3n) is 2.94. The van der Waals surface area contributed by atoms with Gasteiger partial charge in [0.25, 0.3) is 0 Å². The van der Waals surface area contributed by atoms with E-state index in [1.807, 2.05) is 44.2 Å². The Balaban J connectivity index is 2.15. The monoisotopic (exact) mass is 284 g/mol. The number of Topliss-reactive ketones (excluding diaryl/α,β-unsaturated/α-hetero) is 1. The van der Waals surface area contributed by atoms with Gasteiger partial charge < -0.3 is 9.47 Å². The van der Waals surface area contributed by atoms with Crippen LogP contribution in [0.5, 0.6) is 11.5 Å². The summed E-state index contributed by atoms with van der Waals surface area (Å²) in [6.45, 7) is 5.89. The second-order valence-electron chi connectivity index (χ2n) is 5.16. The molecule has 0 aromatic heterocycles. The third kappa shape index (κ3) is 4.35. The SMILES string of the molecule is CC(=O)c1ccc(OCc2ccccc2)cc1OC(C)C. The molecule has 3 heteroatoms. The van der Waals surface area contributed by atoms with Gasteiger partial charge in [0.15, 0.2) is 5.78 Å². The van der Waals surface area contributed by atoms with Gasteiger partial charge in [-0.25, -0.2) is 0 Å². The lowest BCUT2D eigenvalue weighted by Crippen LogP contribution is -2.09. The molecule has 2 rings (SSSR count). The number of benzene rings is 2. The maximum atomic E-state index is 11.6. The van der Waals surface area contributed by atoms with E-state index in [-0.39, 0.29) is 11.9 Å². The molecule has 0 atom stereocenters. The molecule has 0 amide bonds. The van der Waals surface area contributed by atoms with Gasteiger partial charge in [0.05, 0.1) is 11.7 Å². The fourth-order valence-electron chi connectivity index (χ4n) is 1.98. The normalized spacial score (nSPS) is 10.5. The zero-order chi connectivity index (χ0) is 15.2. The number of hydrogen-bond donors (Lipinski definition) is 0. The van der Waals surface area contributed by atoms with Crippen LogP contribution in [0, 0.1) is 0 Å². The second kappa shape index (κ2) is 6.93. The smallest absolute Gasteiger partial charge is 0.163 e. The number of carbonyl (C=O) groups is 1. The van der Waals surface area contributed by atoms with Crippen LogP contribution in [0.2, 0.25) is 0 Å². The van der Waals surface area contributed by atoms with Crippen molar-refractivity contribution in [3.05, 3.63) is 59.7 Å². The lowest BCUT2D eigenvalue weighted by Gasteiger charge is -2.15. The second-order valence-corrected chi connectivity index (χ2v) is 5.16. The van der Waals surface area contributed by atoms with E-state index < -0.39 is 0 Å². The minimum Gasteiger partial charge on any atom is -0.490 e. The molecule has 2 aromatic carbocycles. The predicted octanol–water partition coefficient (Wildman–Crippen LogP) is 4.26. The molecule has 0 unspecified atom stereocenters. The first kappa shape index (κ1) is 15.1. The zero-order valence-corrected chi connectivity index (χ0v) is 12.6. The average molecular weight is 284 g/mol. The van der Waals surface area contributed by atoms with Gasteiger partial charge in [-0.05, 0) is 38.5 Å². The lowest BCUT2D eigenvalue weighted by atomic mass is 10.1. The van der Waals surface area contributed by atoms with E-state index in [1.54, 1.807) is 18.2 Å². The molecule has 0 saturated carbocycles. The number of carbonyl (C=O) groups excluding carboxylic acids is 1. The highest BCUT2D eigenvalue weighted by Gasteiger charge is 2.11. The standard InChI is InChI=1S/C18H20O3/c1-13(2)21-18-11-16(9-10-17(18)14(3)19)20-12-15-7-5-4-6-8-15/h4-11,13H,12H2,1-3H3. The summed E-state index contributed by atoms with van der Waals surface area (Å²) in [5.41, 5.74) is 1.68. The van der Waals surface area contributed by atoms with Crippen molar-refractivity contribution in [2.75, 3.05) is 0 Å². The molecule has 0 aliphatic carbocycles. The van der Waals surface area contributed by atoms with Crippen LogP contribution in [0.15, 0.2) is 48.5 Å². The Morgan fingerprint density at radius 2 is 1.81 bits per heavy atom. The summed E-state index contributed by atoms with van der Waals surface area (Å²) in [6.07, 6.45) is 0.00692. The van der Waals surface area contributed by atoms with Crippen molar-refractivity contribution in [2.45, 2.75) is 33.5 Å². The number of hydrogen-bond acceptors (Lipinski definition) is 3. The maximum Gasteiger partial charge on any atom is 0.163 e. The molecule has 0 saturated heterocycles. The minimum atomic E-state index is -0.0136. The Bertz CT molecular complexity index is 603. The minimum absolute atomic E-state index is 0.00692. The van der Waals surface area contributed by atoms with Crippen molar-refractivity contribution in [1.29, 1.82) is 0 Å². The summed E-state index contributed by atoms with van der Waals surface area (Å²) in [4.78, 5) is 11.6. The van der Waals surface area contributed by atoms with Crippen molar-refractivity contribution in [3.8, 4) is 11.5 Å². The zero-order valence-electron chi connectivity index (χ0n) is 12.6. The third-order valence-corrected chi connectivity index (χ3v) is 2.94. The maximum absolute atomic E-state index is 11.6. The largest absolute Gasteiger partial charge is 0.490 e. The van der Waals surface area contributed by atoms with Gasteiger partial charge >= 0.3 is 0 Å². The molecule has 0 aliphatic rings. The van der Waals surface area contributed by atoms with Gasteiger partial charge in [-0.1, -0.05) is 30.3 Å². The highest BCUT2D eigenvalue weighted by molar-refractivity contribution is 5.97. The first-order chi connectivity index (χ1) is 10.1. The van der Waals surface area contributed by atoms with Gasteiger partial charge in [-0.15, -0.1) is 0 Å². The highest BCUT2D eigenvalue weighted by Crippen LogP contribution is 2.27. The van der Waals surface area contributed by atoms with Crippen molar-refractivity contribution < 1.29 is 14.3 Å². The van der Waals surface area contributed by atoms with Gasteiger partial charge in [-0.2, -0.15) is 0 Å². The van der Waals surface area contributed by atoms with Crippen LogP contribution < -0.4 is 9.47 Å². The molecular weight excluding hydrogens is 264 g/mol. The van der Waals surface area contributed by atoms with Crippen molar-refractivity contribution in [2.24, 2.45) is 0 Å². The summed E-state index contributed by atoms with van der Waals surface area (Å²) >= 11 is 0. The molecule has 0 bridgehead atoms. The molecular formula is C18H20O3. The number of ether oxygens (including phenoxy) is 2. The van der Waals surface area contributed by atoms with Gasteiger partial charge in [-0.3, -0.25) is 4.79 Å². The van der Waals surface area contributed by atoms with Crippen LogP contribution >= 0.6 is 0 Å². The molecule has 0 radical (unpaired) electrons. The van der Waals surface area contributed by atoms with Crippen LogP contribution in [-0.2, 0) is 6.61 Å². The average Bonchev–Trinajstić information content (AvgIpc) is 2.45. The fraction of sp³-hybridized carbons (Fsp3) is 0.278. The fourth-order valence-corrected chi connectivity index (χ4v) is 1.98. The van der Waals surface area contributed by atoms with Crippen LogP contribution in [-0.4, -0.2) is 11.9 Å². The van der Waals surface area contributed by atoms with Crippen molar-refractivity contribution >= 4 is 5.78 Å². The quantitative estimate of drug-likeness (QED) is 0.744. The number of ketones is 1. The van der Waals surface area contributed by atoms with Crippen molar-refractivity contribution in [1.82, 2.24) is 0 Å². The Kier molecular flexibility index (Phi) is 4.99. The molecule has 110 valence electrons. The summed E-state index contributed by atoms with van der Waals surface area (Å²) in [6, 6.07) is 15.3. The molecule has 0 N–H and O–H groups in total.